The minimum absolute atomic E-state index is 0.0868. The van der Waals surface area contributed by atoms with Gasteiger partial charge in [0.2, 0.25) is 5.78 Å². The molecule has 0 saturated heterocycles. The summed E-state index contributed by atoms with van der Waals surface area (Å²) in [5.74, 6) is -0.168. The quantitative estimate of drug-likeness (QED) is 0.425. The summed E-state index contributed by atoms with van der Waals surface area (Å²) in [5.41, 5.74) is 2.29. The minimum atomic E-state index is -0.168. The SMILES string of the molecule is O=C1C=CN[N+](=O)C1. The van der Waals surface area contributed by atoms with E-state index in [0.29, 0.717) is 4.87 Å². The van der Waals surface area contributed by atoms with E-state index in [0.717, 1.165) is 0 Å². The maximum absolute atomic E-state index is 10.3. The van der Waals surface area contributed by atoms with Crippen molar-refractivity contribution in [3.05, 3.63) is 17.2 Å². The third-order valence-electron chi connectivity index (χ3n) is 0.787. The zero-order chi connectivity index (χ0) is 5.98. The van der Waals surface area contributed by atoms with Crippen LogP contribution in [0.25, 0.3) is 0 Å². The zero-order valence-electron chi connectivity index (χ0n) is 4.13. The smallest absolute Gasteiger partial charge is 0.286 e. The van der Waals surface area contributed by atoms with Gasteiger partial charge in [-0.25, -0.2) is 0 Å². The molecule has 8 heavy (non-hydrogen) atoms. The Balaban J connectivity index is 2.68. The average molecular weight is 113 g/mol. The standard InChI is InChI=1S/C4H4N2O2/c7-4-1-2-5-6(8)3-4/h1-2H,3H2/p+1. The molecule has 42 valence electrons. The molecule has 1 aliphatic heterocycles. The number of nitrogens with zero attached hydrogens (tertiary/aromatic N) is 1. The van der Waals surface area contributed by atoms with Crippen molar-refractivity contribution >= 4 is 5.78 Å². The zero-order valence-corrected chi connectivity index (χ0v) is 4.13. The van der Waals surface area contributed by atoms with Gasteiger partial charge in [0.25, 0.3) is 6.54 Å². The van der Waals surface area contributed by atoms with E-state index in [1.165, 1.54) is 12.3 Å². The number of nitrogens with one attached hydrogen (secondary N) is 1. The van der Waals surface area contributed by atoms with Crippen LogP contribution < -0.4 is 5.43 Å². The highest BCUT2D eigenvalue weighted by atomic mass is 16.3. The molecule has 0 amide bonds. The molecule has 1 rings (SSSR count). The second-order valence-electron chi connectivity index (χ2n) is 1.47. The Bertz CT molecular complexity index is 161. The molecule has 0 unspecified atom stereocenters. The molecule has 0 spiro atoms. The summed E-state index contributed by atoms with van der Waals surface area (Å²) in [7, 11) is 0. The first-order valence-electron chi connectivity index (χ1n) is 2.19. The Morgan fingerprint density at radius 2 is 2.50 bits per heavy atom. The van der Waals surface area contributed by atoms with E-state index in [9.17, 15) is 9.70 Å². The summed E-state index contributed by atoms with van der Waals surface area (Å²) in [4.78, 5) is 21.0. The largest absolute Gasteiger partial charge is 0.287 e. The van der Waals surface area contributed by atoms with Crippen molar-refractivity contribution in [1.29, 1.82) is 0 Å². The van der Waals surface area contributed by atoms with Crippen LogP contribution in [0, 0.1) is 4.91 Å². The van der Waals surface area contributed by atoms with Gasteiger partial charge in [0.05, 0.1) is 11.1 Å². The fourth-order valence-corrected chi connectivity index (χ4v) is 0.453. The number of rotatable bonds is 0. The number of carbonyl (C=O) groups is 1. The van der Waals surface area contributed by atoms with E-state index < -0.39 is 0 Å². The average Bonchev–Trinajstić information content (AvgIpc) is 1.64. The van der Waals surface area contributed by atoms with Gasteiger partial charge in [0, 0.05) is 6.08 Å². The van der Waals surface area contributed by atoms with Gasteiger partial charge in [-0.2, -0.15) is 0 Å². The summed E-state index contributed by atoms with van der Waals surface area (Å²) in [6.07, 6.45) is 2.65. The Hall–Kier alpha value is -1.19. The number of carbonyl (C=O) groups excluding carboxylic acids is 1. The van der Waals surface area contributed by atoms with Crippen molar-refractivity contribution in [2.24, 2.45) is 0 Å². The van der Waals surface area contributed by atoms with Crippen molar-refractivity contribution in [2.75, 3.05) is 6.54 Å². The van der Waals surface area contributed by atoms with Crippen LogP contribution in [0.15, 0.2) is 12.3 Å². The normalized spacial score (nSPS) is 18.5. The lowest BCUT2D eigenvalue weighted by molar-refractivity contribution is -0.587. The third kappa shape index (κ3) is 0.900. The predicted octanol–water partition coefficient (Wildman–Crippen LogP) is -0.634. The second kappa shape index (κ2) is 1.73. The van der Waals surface area contributed by atoms with Gasteiger partial charge in [-0.15, -0.1) is 5.43 Å². The molecular weight excluding hydrogens is 108 g/mol. The maximum atomic E-state index is 10.3. The van der Waals surface area contributed by atoms with Crippen LogP contribution in [-0.2, 0) is 4.79 Å². The monoisotopic (exact) mass is 113 g/mol. The molecule has 0 aromatic heterocycles. The van der Waals surface area contributed by atoms with Crippen LogP contribution in [0.2, 0.25) is 0 Å². The van der Waals surface area contributed by atoms with E-state index in [1.807, 2.05) is 0 Å². The Morgan fingerprint density at radius 1 is 1.75 bits per heavy atom. The third-order valence-corrected chi connectivity index (χ3v) is 0.787. The Morgan fingerprint density at radius 3 is 2.88 bits per heavy atom. The van der Waals surface area contributed by atoms with Crippen LogP contribution in [0.1, 0.15) is 0 Å². The van der Waals surface area contributed by atoms with Crippen molar-refractivity contribution in [1.82, 2.24) is 5.43 Å². The van der Waals surface area contributed by atoms with E-state index >= 15 is 0 Å². The number of ketones is 1. The van der Waals surface area contributed by atoms with Gasteiger partial charge in [-0.05, 0) is 0 Å². The highest BCUT2D eigenvalue weighted by Gasteiger charge is 2.15. The van der Waals surface area contributed by atoms with E-state index in [2.05, 4.69) is 5.43 Å². The summed E-state index contributed by atoms with van der Waals surface area (Å²) >= 11 is 0. The Labute approximate surface area is 45.7 Å². The molecule has 0 radical (unpaired) electrons. The first-order valence-corrected chi connectivity index (χ1v) is 2.19. The van der Waals surface area contributed by atoms with Crippen LogP contribution in [0.5, 0.6) is 0 Å². The first-order chi connectivity index (χ1) is 3.79. The topological polar surface area (TPSA) is 49.2 Å². The van der Waals surface area contributed by atoms with Crippen molar-refractivity contribution in [3.8, 4) is 0 Å². The van der Waals surface area contributed by atoms with Gasteiger partial charge < -0.3 is 0 Å². The maximum Gasteiger partial charge on any atom is 0.286 e. The van der Waals surface area contributed by atoms with E-state index in [4.69, 9.17) is 0 Å². The summed E-state index contributed by atoms with van der Waals surface area (Å²) in [6, 6.07) is 0. The van der Waals surface area contributed by atoms with Gasteiger partial charge in [-0.3, -0.25) is 4.79 Å². The van der Waals surface area contributed by atoms with Crippen LogP contribution in [-0.4, -0.2) is 17.2 Å². The van der Waals surface area contributed by atoms with Crippen LogP contribution >= 0.6 is 0 Å². The number of hydrogen-bond acceptors (Lipinski definition) is 2. The first kappa shape index (κ1) is 4.96. The molecule has 0 saturated carbocycles. The molecule has 0 aromatic rings. The number of nitroso groups, excluding NO2 is 1. The number of hydrazine groups is 1. The molecular formula is C4H5N2O2+. The molecule has 0 fully saturated rings. The van der Waals surface area contributed by atoms with Crippen LogP contribution in [0.3, 0.4) is 0 Å². The lowest BCUT2D eigenvalue weighted by atomic mass is 10.4. The molecule has 1 aliphatic rings. The van der Waals surface area contributed by atoms with Crippen molar-refractivity contribution in [3.63, 3.8) is 0 Å². The Kier molecular flexibility index (Phi) is 1.07. The van der Waals surface area contributed by atoms with Crippen LogP contribution in [0.4, 0.5) is 0 Å². The van der Waals surface area contributed by atoms with Crippen molar-refractivity contribution < 1.29 is 9.66 Å². The summed E-state index contributed by atoms with van der Waals surface area (Å²) in [6.45, 7) is -0.0868. The van der Waals surface area contributed by atoms with Gasteiger partial charge in [-0.1, -0.05) is 0 Å². The molecule has 0 aliphatic carbocycles. The van der Waals surface area contributed by atoms with E-state index in [1.54, 1.807) is 0 Å². The molecule has 4 heteroatoms. The highest BCUT2D eigenvalue weighted by Crippen LogP contribution is 1.82. The van der Waals surface area contributed by atoms with Gasteiger partial charge in [0.15, 0.2) is 0 Å². The second-order valence-corrected chi connectivity index (χ2v) is 1.47. The minimum Gasteiger partial charge on any atom is -0.287 e. The molecule has 0 atom stereocenters. The highest BCUT2D eigenvalue weighted by molar-refractivity contribution is 5.90. The number of hydrogen-bond donors (Lipinski definition) is 1. The molecule has 0 bridgehead atoms. The van der Waals surface area contributed by atoms with Gasteiger partial charge in [0.1, 0.15) is 4.87 Å². The molecule has 4 nitrogen and oxygen atoms in total. The van der Waals surface area contributed by atoms with Gasteiger partial charge >= 0.3 is 0 Å². The lowest BCUT2D eigenvalue weighted by Crippen LogP contribution is -2.30. The fraction of sp³-hybridized carbons (Fsp3) is 0.250. The molecule has 0 aromatic carbocycles. The summed E-state index contributed by atoms with van der Waals surface area (Å²) in [5, 5.41) is 0. The van der Waals surface area contributed by atoms with Crippen molar-refractivity contribution in [2.45, 2.75) is 0 Å². The fourth-order valence-electron chi connectivity index (χ4n) is 0.453. The lowest BCUT2D eigenvalue weighted by Gasteiger charge is -1.92. The molecule has 1 N–H and O–H groups in total. The van der Waals surface area contributed by atoms with E-state index in [-0.39, 0.29) is 12.3 Å². The summed E-state index contributed by atoms with van der Waals surface area (Å²) < 4.78 is 0. The molecule has 1 heterocycles. The predicted molar refractivity (Wildman–Crippen MR) is 25.8 cm³/mol.